The van der Waals surface area contributed by atoms with E-state index in [4.69, 9.17) is 0 Å². The normalized spacial score (nSPS) is 12.9. The van der Waals surface area contributed by atoms with E-state index in [-0.39, 0.29) is 60.7 Å². The number of hydrogen-bond acceptors (Lipinski definition) is 10. The lowest BCUT2D eigenvalue weighted by molar-refractivity contribution is 0.102. The molecule has 0 saturated heterocycles. The molecule has 0 aliphatic heterocycles. The maximum absolute atomic E-state index is 14.3. The number of carbonyl (C=O) groups excluding carboxylic acids is 2. The van der Waals surface area contributed by atoms with Crippen LogP contribution in [0.1, 0.15) is 64.4 Å². The first-order valence-corrected chi connectivity index (χ1v) is 20.6. The minimum atomic E-state index is -5.02. The van der Waals surface area contributed by atoms with Gasteiger partial charge < -0.3 is 9.88 Å². The summed E-state index contributed by atoms with van der Waals surface area (Å²) in [5.74, 6) is -1.67. The van der Waals surface area contributed by atoms with Gasteiger partial charge in [0.15, 0.2) is 21.4 Å². The summed E-state index contributed by atoms with van der Waals surface area (Å²) in [6.07, 6.45) is 2.75. The van der Waals surface area contributed by atoms with Crippen molar-refractivity contribution in [3.05, 3.63) is 111 Å². The second-order valence-electron chi connectivity index (χ2n) is 12.3. The van der Waals surface area contributed by atoms with Crippen molar-refractivity contribution in [2.24, 2.45) is 7.05 Å². The predicted molar refractivity (Wildman–Crippen MR) is 193 cm³/mol. The minimum absolute atomic E-state index is 0.0127. The van der Waals surface area contributed by atoms with Crippen LogP contribution in [-0.2, 0) is 37.1 Å². The SMILES string of the molecule is CCCCCCS(=O)(=O)c1ccc(Nc2ccc3c4c2C(=O)c2ccccc2-c4c(C(=O)c2cccc(S(=O)(=O)O)c2)c(=O)n3C)c(S(=O)(=O)O)c1. The van der Waals surface area contributed by atoms with E-state index in [2.05, 4.69) is 5.32 Å². The van der Waals surface area contributed by atoms with Crippen LogP contribution in [0.2, 0.25) is 0 Å². The molecule has 5 aromatic rings. The third kappa shape index (κ3) is 6.59. The molecular formula is C36H32N2O11S3. The molecule has 4 aromatic carbocycles. The Morgan fingerprint density at radius 2 is 1.42 bits per heavy atom. The number of unbranched alkanes of at least 4 members (excludes halogenated alkanes) is 3. The summed E-state index contributed by atoms with van der Waals surface area (Å²) in [6.45, 7) is 1.98. The number of nitrogens with zero attached hydrogens (tertiary/aromatic N) is 1. The van der Waals surface area contributed by atoms with Gasteiger partial charge in [-0.25, -0.2) is 8.42 Å². The molecule has 0 atom stereocenters. The van der Waals surface area contributed by atoms with Crippen LogP contribution in [0.4, 0.5) is 11.4 Å². The molecule has 0 fully saturated rings. The second kappa shape index (κ2) is 13.5. The van der Waals surface area contributed by atoms with Crippen molar-refractivity contribution in [2.75, 3.05) is 11.1 Å². The molecule has 0 bridgehead atoms. The fraction of sp³-hybridized carbons (Fsp3) is 0.194. The average Bonchev–Trinajstić information content (AvgIpc) is 3.10. The summed E-state index contributed by atoms with van der Waals surface area (Å²) in [6, 6.07) is 16.8. The summed E-state index contributed by atoms with van der Waals surface area (Å²) in [7, 11) is -12.3. The summed E-state index contributed by atoms with van der Waals surface area (Å²) in [4.78, 5) is 40.7. The number of benzene rings is 4. The molecule has 0 radical (unpaired) electrons. The third-order valence-corrected chi connectivity index (χ3v) is 12.5. The molecule has 1 aliphatic carbocycles. The Bertz CT molecular complexity index is 2740. The first-order valence-electron chi connectivity index (χ1n) is 16.0. The Balaban J connectivity index is 1.58. The van der Waals surface area contributed by atoms with Gasteiger partial charge in [0, 0.05) is 29.1 Å². The Hall–Kier alpha value is -5.00. The van der Waals surface area contributed by atoms with Crippen LogP contribution in [0.5, 0.6) is 0 Å². The van der Waals surface area contributed by atoms with E-state index in [0.717, 1.165) is 35.6 Å². The molecule has 0 saturated carbocycles. The Morgan fingerprint density at radius 3 is 2.10 bits per heavy atom. The molecule has 3 N–H and O–H groups in total. The highest BCUT2D eigenvalue weighted by atomic mass is 32.2. The van der Waals surface area contributed by atoms with E-state index in [0.29, 0.717) is 12.8 Å². The maximum atomic E-state index is 14.3. The zero-order valence-corrected chi connectivity index (χ0v) is 30.2. The summed E-state index contributed by atoms with van der Waals surface area (Å²) < 4.78 is 96.1. The van der Waals surface area contributed by atoms with Crippen LogP contribution in [0.15, 0.2) is 98.3 Å². The van der Waals surface area contributed by atoms with Gasteiger partial charge in [-0.2, -0.15) is 16.8 Å². The van der Waals surface area contributed by atoms with Crippen molar-refractivity contribution in [2.45, 2.75) is 47.3 Å². The summed E-state index contributed by atoms with van der Waals surface area (Å²) >= 11 is 0. The number of pyridine rings is 1. The van der Waals surface area contributed by atoms with Crippen LogP contribution in [-0.4, -0.2) is 56.2 Å². The highest BCUT2D eigenvalue weighted by molar-refractivity contribution is 7.91. The van der Waals surface area contributed by atoms with Crippen molar-refractivity contribution in [1.29, 1.82) is 0 Å². The third-order valence-electron chi connectivity index (χ3n) is 8.98. The van der Waals surface area contributed by atoms with Crippen molar-refractivity contribution >= 4 is 63.9 Å². The highest BCUT2D eigenvalue weighted by Gasteiger charge is 2.34. The Morgan fingerprint density at radius 1 is 0.731 bits per heavy atom. The molecule has 1 aromatic heterocycles. The van der Waals surface area contributed by atoms with Gasteiger partial charge in [0.1, 0.15) is 4.90 Å². The predicted octanol–water partition coefficient (Wildman–Crippen LogP) is 5.57. The number of ketones is 2. The molecule has 0 amide bonds. The molecule has 52 heavy (non-hydrogen) atoms. The number of anilines is 2. The van der Waals surface area contributed by atoms with E-state index in [1.807, 2.05) is 6.92 Å². The first-order chi connectivity index (χ1) is 24.5. The van der Waals surface area contributed by atoms with E-state index >= 15 is 0 Å². The van der Waals surface area contributed by atoms with Crippen molar-refractivity contribution in [3.8, 4) is 11.1 Å². The smallest absolute Gasteiger partial charge is 0.296 e. The minimum Gasteiger partial charge on any atom is -0.354 e. The molecule has 1 aliphatic rings. The number of hydrogen-bond donors (Lipinski definition) is 3. The molecule has 0 unspecified atom stereocenters. The maximum Gasteiger partial charge on any atom is 0.296 e. The van der Waals surface area contributed by atoms with E-state index in [1.54, 1.807) is 18.2 Å². The topological polar surface area (TPSA) is 211 Å². The lowest BCUT2D eigenvalue weighted by Gasteiger charge is -2.26. The lowest BCUT2D eigenvalue weighted by atomic mass is 9.80. The van der Waals surface area contributed by atoms with Gasteiger partial charge in [-0.1, -0.05) is 62.6 Å². The molecule has 16 heteroatoms. The largest absolute Gasteiger partial charge is 0.354 e. The van der Waals surface area contributed by atoms with Gasteiger partial charge in [0.2, 0.25) is 0 Å². The fourth-order valence-electron chi connectivity index (χ4n) is 6.42. The van der Waals surface area contributed by atoms with Gasteiger partial charge in [-0.05, 0) is 54.4 Å². The number of fused-ring (bicyclic) bond motifs is 2. The standard InChI is InChI=1S/C36H32N2O11S3/c1-3-4-5-8-18-50(42,43)22-14-15-26(29(20-22)52(47,48)49)37-27-16-17-28-32-30(24-12-6-7-13-25(24)35(40)31(27)32)33(36(41)38(28)2)34(39)21-10-9-11-23(19-21)51(44,45)46/h6-7,9-17,19-20,37H,3-5,8,18H2,1-2H3,(H,44,45,46)(H,47,48,49). The Labute approximate surface area is 299 Å². The molecule has 0 spiro atoms. The fourth-order valence-corrected chi connectivity index (χ4v) is 9.09. The van der Waals surface area contributed by atoms with Crippen molar-refractivity contribution < 1.29 is 43.9 Å². The zero-order valence-electron chi connectivity index (χ0n) is 27.8. The van der Waals surface area contributed by atoms with E-state index in [9.17, 15) is 48.7 Å². The zero-order chi connectivity index (χ0) is 37.7. The number of sulfone groups is 1. The molecule has 270 valence electrons. The lowest BCUT2D eigenvalue weighted by Crippen LogP contribution is -2.29. The van der Waals surface area contributed by atoms with E-state index < -0.39 is 62.6 Å². The molecule has 1 heterocycles. The van der Waals surface area contributed by atoms with Crippen molar-refractivity contribution in [3.63, 3.8) is 0 Å². The quantitative estimate of drug-likeness (QED) is 0.0793. The van der Waals surface area contributed by atoms with Crippen LogP contribution in [0.3, 0.4) is 0 Å². The van der Waals surface area contributed by atoms with Gasteiger partial charge in [0.25, 0.3) is 25.8 Å². The van der Waals surface area contributed by atoms with Gasteiger partial charge in [0.05, 0.1) is 43.6 Å². The van der Waals surface area contributed by atoms with Crippen molar-refractivity contribution in [1.82, 2.24) is 4.57 Å². The number of nitrogens with one attached hydrogen (secondary N) is 1. The van der Waals surface area contributed by atoms with E-state index in [1.165, 1.54) is 49.5 Å². The number of aryl methyl sites for hydroxylation is 1. The van der Waals surface area contributed by atoms with Gasteiger partial charge in [-0.15, -0.1) is 0 Å². The van der Waals surface area contributed by atoms with Crippen LogP contribution < -0.4 is 10.9 Å². The van der Waals surface area contributed by atoms with Crippen LogP contribution in [0.25, 0.3) is 22.0 Å². The van der Waals surface area contributed by atoms with Crippen LogP contribution in [0, 0.1) is 0 Å². The molecular weight excluding hydrogens is 733 g/mol. The molecule has 6 rings (SSSR count). The average molecular weight is 765 g/mol. The first kappa shape index (κ1) is 36.8. The number of rotatable bonds is 12. The second-order valence-corrected chi connectivity index (χ2v) is 17.3. The van der Waals surface area contributed by atoms with Gasteiger partial charge >= 0.3 is 0 Å². The van der Waals surface area contributed by atoms with Crippen LogP contribution >= 0.6 is 0 Å². The Kier molecular flexibility index (Phi) is 9.56. The monoisotopic (exact) mass is 764 g/mol. The summed E-state index contributed by atoms with van der Waals surface area (Å²) in [5, 5.41) is 3.01. The van der Waals surface area contributed by atoms with Gasteiger partial charge in [-0.3, -0.25) is 23.5 Å². The number of carbonyl (C=O) groups is 2. The molecule has 13 nitrogen and oxygen atoms in total. The number of aromatic nitrogens is 1. The summed E-state index contributed by atoms with van der Waals surface area (Å²) in [5.41, 5.74) is -1.06. The highest BCUT2D eigenvalue weighted by Crippen LogP contribution is 2.44.